The molecule has 0 aromatic heterocycles. The maximum absolute atomic E-state index is 13.2. The summed E-state index contributed by atoms with van der Waals surface area (Å²) >= 11 is 0. The Morgan fingerprint density at radius 1 is 0.750 bits per heavy atom. The predicted molar refractivity (Wildman–Crippen MR) is 123 cm³/mol. The van der Waals surface area contributed by atoms with Gasteiger partial charge in [-0.05, 0) is 40.6 Å². The van der Waals surface area contributed by atoms with Gasteiger partial charge in [-0.2, -0.15) is 0 Å². The smallest absolute Gasteiger partial charge is 0.300 e. The van der Waals surface area contributed by atoms with E-state index in [4.69, 9.17) is 0 Å². The second-order valence-electron chi connectivity index (χ2n) is 7.62. The van der Waals surface area contributed by atoms with Crippen molar-refractivity contribution >= 4 is 33.9 Å². The molecule has 0 radical (unpaired) electrons. The Kier molecular flexibility index (Phi) is 4.71. The fraction of sp³-hybridized carbons (Fsp3) is 0.0370. The van der Waals surface area contributed by atoms with Crippen molar-refractivity contribution in [2.24, 2.45) is 0 Å². The van der Waals surface area contributed by atoms with Crippen LogP contribution in [0.3, 0.4) is 0 Å². The van der Waals surface area contributed by atoms with Crippen molar-refractivity contribution in [1.29, 1.82) is 0 Å². The highest BCUT2D eigenvalue weighted by Crippen LogP contribution is 2.43. The molecule has 5 rings (SSSR count). The molecule has 0 bridgehead atoms. The number of amides is 1. The maximum Gasteiger partial charge on any atom is 0.300 e. The van der Waals surface area contributed by atoms with Crippen LogP contribution in [0.4, 0.5) is 5.69 Å². The van der Waals surface area contributed by atoms with Gasteiger partial charge >= 0.3 is 0 Å². The van der Waals surface area contributed by atoms with Crippen molar-refractivity contribution in [3.63, 3.8) is 0 Å². The number of phenols is 1. The third-order valence-corrected chi connectivity index (χ3v) is 5.73. The van der Waals surface area contributed by atoms with Gasteiger partial charge in [-0.25, -0.2) is 0 Å². The number of fused-ring (bicyclic) bond motifs is 1. The Morgan fingerprint density at radius 3 is 2.16 bits per heavy atom. The van der Waals surface area contributed by atoms with Gasteiger partial charge in [0.25, 0.3) is 11.7 Å². The highest BCUT2D eigenvalue weighted by molar-refractivity contribution is 6.51. The molecule has 1 saturated heterocycles. The number of anilines is 1. The summed E-state index contributed by atoms with van der Waals surface area (Å²) in [6.45, 7) is 0. The molecule has 1 heterocycles. The quantitative estimate of drug-likeness (QED) is 0.272. The number of carbonyl (C=O) groups is 2. The zero-order valence-electron chi connectivity index (χ0n) is 17.0. The van der Waals surface area contributed by atoms with Gasteiger partial charge in [-0.3, -0.25) is 14.5 Å². The zero-order valence-corrected chi connectivity index (χ0v) is 17.0. The summed E-state index contributed by atoms with van der Waals surface area (Å²) in [5.41, 5.74) is 1.65. The molecular weight excluding hydrogens is 402 g/mol. The van der Waals surface area contributed by atoms with Crippen LogP contribution in [0, 0.1) is 0 Å². The topological polar surface area (TPSA) is 77.8 Å². The molecule has 4 aromatic carbocycles. The standard InChI is InChI=1S/C27H19NO4/c29-20-15-13-18(14-16-20)24-23(26(31)27(32)28(24)19-9-2-1-3-10-19)25(30)22-12-6-8-17-7-4-5-11-21(17)22/h1-16,24,29-30H/b25-23-. The van der Waals surface area contributed by atoms with E-state index < -0.39 is 17.7 Å². The number of carbonyl (C=O) groups excluding carboxylic acids is 2. The third kappa shape index (κ3) is 3.11. The monoisotopic (exact) mass is 421 g/mol. The fourth-order valence-corrected chi connectivity index (χ4v) is 4.24. The van der Waals surface area contributed by atoms with E-state index in [0.717, 1.165) is 10.8 Å². The highest BCUT2D eigenvalue weighted by atomic mass is 16.3. The molecule has 1 atom stereocenters. The van der Waals surface area contributed by atoms with E-state index in [9.17, 15) is 19.8 Å². The average molecular weight is 421 g/mol. The first-order valence-electron chi connectivity index (χ1n) is 10.2. The normalized spacial score (nSPS) is 17.8. The lowest BCUT2D eigenvalue weighted by Gasteiger charge is -2.25. The second-order valence-corrected chi connectivity index (χ2v) is 7.62. The molecule has 1 fully saturated rings. The largest absolute Gasteiger partial charge is 0.508 e. The fourth-order valence-electron chi connectivity index (χ4n) is 4.24. The van der Waals surface area contributed by atoms with E-state index >= 15 is 0 Å². The second kappa shape index (κ2) is 7.71. The molecule has 156 valence electrons. The summed E-state index contributed by atoms with van der Waals surface area (Å²) in [5.74, 6) is -1.62. The lowest BCUT2D eigenvalue weighted by Crippen LogP contribution is -2.29. The van der Waals surface area contributed by atoms with Crippen molar-refractivity contribution in [2.45, 2.75) is 6.04 Å². The first-order chi connectivity index (χ1) is 15.6. The number of ketones is 1. The molecule has 4 aromatic rings. The lowest BCUT2D eigenvalue weighted by molar-refractivity contribution is -0.132. The Labute approximate surface area is 184 Å². The van der Waals surface area contributed by atoms with Gasteiger partial charge in [0.15, 0.2) is 0 Å². The van der Waals surface area contributed by atoms with Crippen LogP contribution in [-0.2, 0) is 9.59 Å². The summed E-state index contributed by atoms with van der Waals surface area (Å²) in [6, 6.07) is 27.4. The SMILES string of the molecule is O=C1C(=O)N(c2ccccc2)C(c2ccc(O)cc2)/C1=C(/O)c1cccc2ccccc12. The Balaban J connectivity index is 1.78. The molecule has 1 unspecified atom stereocenters. The molecule has 5 heteroatoms. The summed E-state index contributed by atoms with van der Waals surface area (Å²) in [6.07, 6.45) is 0. The number of aliphatic hydroxyl groups is 1. The predicted octanol–water partition coefficient (Wildman–Crippen LogP) is 5.17. The lowest BCUT2D eigenvalue weighted by atomic mass is 9.93. The maximum atomic E-state index is 13.2. The van der Waals surface area contributed by atoms with Crippen LogP contribution in [0.2, 0.25) is 0 Å². The molecular formula is C27H19NO4. The van der Waals surface area contributed by atoms with Gasteiger partial charge in [-0.1, -0.05) is 72.8 Å². The van der Waals surface area contributed by atoms with Crippen molar-refractivity contribution < 1.29 is 19.8 Å². The number of aromatic hydroxyl groups is 1. The van der Waals surface area contributed by atoms with Crippen LogP contribution in [0.1, 0.15) is 17.2 Å². The number of para-hydroxylation sites is 1. The third-order valence-electron chi connectivity index (χ3n) is 5.73. The summed E-state index contributed by atoms with van der Waals surface area (Å²) in [5, 5.41) is 22.8. The highest BCUT2D eigenvalue weighted by Gasteiger charge is 2.47. The van der Waals surface area contributed by atoms with Crippen molar-refractivity contribution in [2.75, 3.05) is 4.90 Å². The Bertz CT molecular complexity index is 1370. The van der Waals surface area contributed by atoms with Crippen molar-refractivity contribution in [1.82, 2.24) is 0 Å². The minimum atomic E-state index is -0.836. The molecule has 1 amide bonds. The van der Waals surface area contributed by atoms with E-state index in [1.54, 1.807) is 48.5 Å². The van der Waals surface area contributed by atoms with E-state index in [1.807, 2.05) is 36.4 Å². The number of phenolic OH excluding ortho intramolecular Hbond substituents is 1. The number of hydrogen-bond acceptors (Lipinski definition) is 4. The first-order valence-corrected chi connectivity index (χ1v) is 10.2. The number of aliphatic hydroxyl groups excluding tert-OH is 1. The van der Waals surface area contributed by atoms with Crippen LogP contribution in [0.15, 0.2) is 103 Å². The molecule has 0 saturated carbocycles. The molecule has 5 nitrogen and oxygen atoms in total. The first kappa shape index (κ1) is 19.6. The van der Waals surface area contributed by atoms with E-state index in [0.29, 0.717) is 16.8 Å². The molecule has 32 heavy (non-hydrogen) atoms. The van der Waals surface area contributed by atoms with Crippen LogP contribution < -0.4 is 4.90 Å². The molecule has 1 aliphatic heterocycles. The number of Topliss-reactive ketones (excluding diaryl/α,β-unsaturated/α-hetero) is 1. The average Bonchev–Trinajstić information content (AvgIpc) is 3.09. The van der Waals surface area contributed by atoms with Gasteiger partial charge in [0.05, 0.1) is 11.6 Å². The van der Waals surface area contributed by atoms with E-state index in [1.165, 1.54) is 17.0 Å². The molecule has 0 spiro atoms. The summed E-state index contributed by atoms with van der Waals surface area (Å²) in [7, 11) is 0. The van der Waals surface area contributed by atoms with Gasteiger partial charge in [0, 0.05) is 11.3 Å². The van der Waals surface area contributed by atoms with Crippen molar-refractivity contribution in [3.05, 3.63) is 114 Å². The minimum Gasteiger partial charge on any atom is -0.508 e. The molecule has 1 aliphatic rings. The molecule has 2 N–H and O–H groups in total. The van der Waals surface area contributed by atoms with E-state index in [-0.39, 0.29) is 17.1 Å². The summed E-state index contributed by atoms with van der Waals surface area (Å²) < 4.78 is 0. The van der Waals surface area contributed by atoms with Crippen LogP contribution in [0.5, 0.6) is 5.75 Å². The van der Waals surface area contributed by atoms with Gasteiger partial charge < -0.3 is 10.2 Å². The van der Waals surface area contributed by atoms with Gasteiger partial charge in [0.2, 0.25) is 0 Å². The van der Waals surface area contributed by atoms with Crippen LogP contribution in [0.25, 0.3) is 16.5 Å². The van der Waals surface area contributed by atoms with E-state index in [2.05, 4.69) is 0 Å². The Morgan fingerprint density at radius 2 is 1.41 bits per heavy atom. The van der Waals surface area contributed by atoms with Crippen LogP contribution >= 0.6 is 0 Å². The number of rotatable bonds is 3. The number of nitrogens with zero attached hydrogens (tertiary/aromatic N) is 1. The Hall–Kier alpha value is -4.38. The zero-order chi connectivity index (χ0) is 22.2. The van der Waals surface area contributed by atoms with Gasteiger partial charge in [-0.15, -0.1) is 0 Å². The van der Waals surface area contributed by atoms with Crippen LogP contribution in [-0.4, -0.2) is 21.9 Å². The van der Waals surface area contributed by atoms with Gasteiger partial charge in [0.1, 0.15) is 11.5 Å². The number of hydrogen-bond donors (Lipinski definition) is 2. The molecule has 0 aliphatic carbocycles. The van der Waals surface area contributed by atoms with Crippen molar-refractivity contribution in [3.8, 4) is 5.75 Å². The number of benzene rings is 4. The summed E-state index contributed by atoms with van der Waals surface area (Å²) in [4.78, 5) is 27.8. The minimum absolute atomic E-state index is 0.0147.